The van der Waals surface area contributed by atoms with Crippen LogP contribution in [0.5, 0.6) is 0 Å². The van der Waals surface area contributed by atoms with Crippen LogP contribution in [0.25, 0.3) is 0 Å². The molecule has 11 nitrogen and oxygen atoms in total. The normalized spacial score (nSPS) is 27.4. The molecule has 12 heteroatoms. The minimum absolute atomic E-state index is 0.0766. The Labute approximate surface area is 331 Å². The fourth-order valence-corrected chi connectivity index (χ4v) is 7.49. The molecule has 0 fully saturated rings. The summed E-state index contributed by atoms with van der Waals surface area (Å²) in [5, 5.41) is 31.2. The monoisotopic (exact) mass is 781 g/mol. The number of esters is 1. The lowest BCUT2D eigenvalue weighted by Gasteiger charge is -2.29. The summed E-state index contributed by atoms with van der Waals surface area (Å²) in [6.45, 7) is 9.16. The third-order valence-corrected chi connectivity index (χ3v) is 10.9. The van der Waals surface area contributed by atoms with E-state index in [0.717, 1.165) is 41.7 Å². The summed E-state index contributed by atoms with van der Waals surface area (Å²) in [5.41, 5.74) is 3.17. The molecule has 5 N–H and O–H groups in total. The van der Waals surface area contributed by atoms with Crippen molar-refractivity contribution >= 4 is 46.7 Å². The Hall–Kier alpha value is -3.71. The number of benzene rings is 1. The van der Waals surface area contributed by atoms with Gasteiger partial charge in [0.25, 0.3) is 0 Å². The topological polar surface area (TPSA) is 163 Å². The number of aliphatic hydroxyl groups excluding tert-OH is 2. The van der Waals surface area contributed by atoms with Gasteiger partial charge in [-0.15, -0.1) is 11.8 Å². The van der Waals surface area contributed by atoms with Crippen LogP contribution in [-0.2, 0) is 35.1 Å². The Balaban J connectivity index is 1.85. The van der Waals surface area contributed by atoms with Crippen LogP contribution in [0.2, 0.25) is 0 Å². The Morgan fingerprint density at radius 1 is 1.02 bits per heavy atom. The van der Waals surface area contributed by atoms with Gasteiger partial charge in [-0.05, 0) is 75.1 Å². The van der Waals surface area contributed by atoms with E-state index in [1.165, 1.54) is 11.8 Å². The molecule has 6 unspecified atom stereocenters. The van der Waals surface area contributed by atoms with Crippen molar-refractivity contribution < 1.29 is 38.9 Å². The van der Waals surface area contributed by atoms with E-state index in [9.17, 15) is 29.4 Å². The lowest BCUT2D eigenvalue weighted by Crippen LogP contribution is -2.43. The Kier molecular flexibility index (Phi) is 20.0. The lowest BCUT2D eigenvalue weighted by molar-refractivity contribution is -0.156. The number of hydrogen-bond donors (Lipinski definition) is 5. The number of anilines is 2. The van der Waals surface area contributed by atoms with Gasteiger partial charge in [0, 0.05) is 49.3 Å². The molecule has 3 rings (SSSR count). The van der Waals surface area contributed by atoms with Crippen LogP contribution in [0.1, 0.15) is 104 Å². The van der Waals surface area contributed by atoms with Gasteiger partial charge in [-0.2, -0.15) is 0 Å². The highest BCUT2D eigenvalue weighted by Gasteiger charge is 2.30. The molecule has 0 saturated carbocycles. The van der Waals surface area contributed by atoms with Gasteiger partial charge in [0.2, 0.25) is 11.8 Å². The molecule has 0 spiro atoms. The van der Waals surface area contributed by atoms with Crippen molar-refractivity contribution in [3.05, 3.63) is 65.8 Å². The van der Waals surface area contributed by atoms with Crippen molar-refractivity contribution in [3.63, 3.8) is 0 Å². The zero-order chi connectivity index (χ0) is 40.3. The molecule has 1 aromatic rings. The van der Waals surface area contributed by atoms with Gasteiger partial charge in [0.15, 0.2) is 0 Å². The smallest absolute Gasteiger partial charge is 0.328 e. The molecule has 304 valence electrons. The van der Waals surface area contributed by atoms with Crippen LogP contribution in [0.15, 0.2) is 65.1 Å². The fourth-order valence-electron chi connectivity index (χ4n) is 6.53. The minimum atomic E-state index is -0.915. The van der Waals surface area contributed by atoms with Crippen LogP contribution >= 0.6 is 11.8 Å². The van der Waals surface area contributed by atoms with Crippen molar-refractivity contribution in [2.24, 2.45) is 11.8 Å². The van der Waals surface area contributed by atoms with Gasteiger partial charge in [-0.1, -0.05) is 76.1 Å². The van der Waals surface area contributed by atoms with E-state index in [0.29, 0.717) is 62.1 Å². The van der Waals surface area contributed by atoms with E-state index >= 15 is 0 Å². The van der Waals surface area contributed by atoms with E-state index < -0.39 is 36.4 Å². The average molecular weight is 782 g/mol. The Morgan fingerprint density at radius 2 is 1.76 bits per heavy atom. The molecule has 2 heterocycles. The highest BCUT2D eigenvalue weighted by atomic mass is 32.2. The number of fused-ring (bicyclic) bond motifs is 4. The van der Waals surface area contributed by atoms with E-state index in [-0.39, 0.29) is 29.6 Å². The third kappa shape index (κ3) is 16.5. The first kappa shape index (κ1) is 45.7. The highest BCUT2D eigenvalue weighted by Crippen LogP contribution is 2.38. The number of thioether (sulfide) groups is 1. The zero-order valence-corrected chi connectivity index (χ0v) is 34.3. The maximum Gasteiger partial charge on any atom is 0.328 e. The number of aryl methyl sites for hydroxylation is 1. The SMILES string of the molecule is COC1/C=C/C=C/C=C/CC(OC(=O)C(C)NC(=O)CC(C)C)C(C)C(O)/C(C)=C\CCc2cc(cc3c2SCC(=O)N3)NC(O)CCCCCCC(=O)C1. The second-order valence-corrected chi connectivity index (χ2v) is 16.1. The molecular weight excluding hydrogens is 719 g/mol. The van der Waals surface area contributed by atoms with Crippen molar-refractivity contribution in [2.45, 2.75) is 141 Å². The molecule has 0 radical (unpaired) electrons. The van der Waals surface area contributed by atoms with Crippen molar-refractivity contribution in [1.29, 1.82) is 0 Å². The number of ether oxygens (including phenoxy) is 2. The van der Waals surface area contributed by atoms with Gasteiger partial charge < -0.3 is 35.6 Å². The number of carbonyl (C=O) groups is 4. The summed E-state index contributed by atoms with van der Waals surface area (Å²) in [5.74, 6) is -0.758. The number of rotatable bonds is 6. The van der Waals surface area contributed by atoms with Crippen LogP contribution in [0.3, 0.4) is 0 Å². The van der Waals surface area contributed by atoms with Crippen molar-refractivity contribution in [1.82, 2.24) is 5.32 Å². The van der Waals surface area contributed by atoms with E-state index in [1.807, 2.05) is 82.4 Å². The van der Waals surface area contributed by atoms with Gasteiger partial charge in [0.1, 0.15) is 24.2 Å². The fraction of sp³-hybridized carbons (Fsp3) is 0.581. The summed E-state index contributed by atoms with van der Waals surface area (Å²) in [4.78, 5) is 51.4. The molecule has 1 aromatic carbocycles. The quantitative estimate of drug-likeness (QED) is 0.148. The second-order valence-electron chi connectivity index (χ2n) is 15.1. The van der Waals surface area contributed by atoms with Crippen molar-refractivity contribution in [2.75, 3.05) is 23.5 Å². The number of allylic oxidation sites excluding steroid dienone is 5. The summed E-state index contributed by atoms with van der Waals surface area (Å²) < 4.78 is 11.5. The summed E-state index contributed by atoms with van der Waals surface area (Å²) in [6.07, 6.45) is 16.9. The number of methoxy groups -OCH3 is 1. The molecule has 0 aromatic heterocycles. The second kappa shape index (κ2) is 24.0. The van der Waals surface area contributed by atoms with Crippen LogP contribution in [-0.4, -0.2) is 77.2 Å². The van der Waals surface area contributed by atoms with E-state index in [4.69, 9.17) is 9.47 Å². The predicted octanol–water partition coefficient (Wildman–Crippen LogP) is 7.19. The van der Waals surface area contributed by atoms with Crippen molar-refractivity contribution in [3.8, 4) is 0 Å². The number of ketones is 1. The standard InChI is InChI=1S/C43H63N3O8S/c1-28(2)23-39(49)44-31(5)43(52)54-37-21-14-9-7-8-13-20-35(53-6)26-34(47)19-12-10-11-15-22-38(48)45-33-24-32(18-16-17-29(3)41(51)30(37)4)42-36(25-33)46-40(50)27-55-42/h7-9,13-14,17,20,24-25,28,30-31,35,37-38,41,45,48,51H,10-12,15-16,18-19,21-23,26-27H2,1-6H3,(H,44,49)(H,46,50)/b8-7+,14-9+,20-13+,29-17-. The first-order valence-electron chi connectivity index (χ1n) is 19.7. The molecule has 0 aliphatic carbocycles. The number of Topliss-reactive ketones (excluding diaryl/α,β-unsaturated/α-hetero) is 1. The highest BCUT2D eigenvalue weighted by molar-refractivity contribution is 8.00. The van der Waals surface area contributed by atoms with Gasteiger partial charge in [-0.25, -0.2) is 4.79 Å². The summed E-state index contributed by atoms with van der Waals surface area (Å²) in [7, 11) is 1.58. The Morgan fingerprint density at radius 3 is 2.51 bits per heavy atom. The summed E-state index contributed by atoms with van der Waals surface area (Å²) in [6, 6.07) is 3.01. The van der Waals surface area contributed by atoms with Crippen LogP contribution in [0, 0.1) is 11.8 Å². The number of carbonyl (C=O) groups excluding carboxylic acids is 4. The van der Waals surface area contributed by atoms with Crippen LogP contribution in [0.4, 0.5) is 11.4 Å². The Bertz CT molecular complexity index is 1550. The number of aliphatic hydroxyl groups is 2. The minimum Gasteiger partial charge on any atom is -0.460 e. The molecule has 2 amide bonds. The molecule has 55 heavy (non-hydrogen) atoms. The third-order valence-electron chi connectivity index (χ3n) is 9.72. The van der Waals surface area contributed by atoms with E-state index in [1.54, 1.807) is 14.0 Å². The average Bonchev–Trinajstić information content (AvgIpc) is 3.12. The maximum absolute atomic E-state index is 13.2. The molecule has 0 saturated heterocycles. The van der Waals surface area contributed by atoms with E-state index in [2.05, 4.69) is 16.0 Å². The van der Waals surface area contributed by atoms with Crippen LogP contribution < -0.4 is 16.0 Å². The largest absolute Gasteiger partial charge is 0.460 e. The molecule has 2 bridgehead atoms. The molecule has 6 atom stereocenters. The number of amides is 2. The van der Waals surface area contributed by atoms with Gasteiger partial charge in [-0.3, -0.25) is 14.4 Å². The first-order chi connectivity index (χ1) is 26.3. The number of hydrogen-bond acceptors (Lipinski definition) is 10. The molecular formula is C43H63N3O8S. The van der Waals surface area contributed by atoms with Gasteiger partial charge in [0.05, 0.1) is 23.6 Å². The predicted molar refractivity (Wildman–Crippen MR) is 220 cm³/mol. The zero-order valence-electron chi connectivity index (χ0n) is 33.5. The molecule has 2 aliphatic heterocycles. The molecule has 2 aliphatic rings. The number of nitrogens with one attached hydrogen (secondary N) is 3. The summed E-state index contributed by atoms with van der Waals surface area (Å²) >= 11 is 1.49. The van der Waals surface area contributed by atoms with Gasteiger partial charge >= 0.3 is 5.97 Å². The first-order valence-corrected chi connectivity index (χ1v) is 20.7. The maximum atomic E-state index is 13.2. The lowest BCUT2D eigenvalue weighted by atomic mass is 9.90.